The molecule has 0 radical (unpaired) electrons. The summed E-state index contributed by atoms with van der Waals surface area (Å²) in [6.45, 7) is 3.81. The summed E-state index contributed by atoms with van der Waals surface area (Å²) in [5.74, 6) is -0.614. The summed E-state index contributed by atoms with van der Waals surface area (Å²) >= 11 is 13.7. The molecule has 0 aliphatic rings. The third kappa shape index (κ3) is 7.29. The van der Waals surface area contributed by atoms with Crippen LogP contribution in [0.25, 0.3) is 0 Å². The molecule has 0 atom stereocenters. The lowest BCUT2D eigenvalue weighted by molar-refractivity contribution is -0.139. The van der Waals surface area contributed by atoms with Crippen molar-refractivity contribution >= 4 is 75.1 Å². The summed E-state index contributed by atoms with van der Waals surface area (Å²) in [4.78, 5) is 0. The van der Waals surface area contributed by atoms with Gasteiger partial charge in [0.15, 0.2) is 11.5 Å². The summed E-state index contributed by atoms with van der Waals surface area (Å²) in [7, 11) is 0. The van der Waals surface area contributed by atoms with Crippen LogP contribution in [-0.4, -0.2) is 0 Å². The highest BCUT2D eigenvalue weighted by atomic mass is 79.9. The largest absolute Gasteiger partial charge is 0.454 e. The molecule has 0 unspecified atom stereocenters. The monoisotopic (exact) mass is 858 g/mol. The van der Waals surface area contributed by atoms with Crippen LogP contribution < -0.4 is 20.9 Å². The van der Waals surface area contributed by atoms with Gasteiger partial charge >= 0.3 is 12.4 Å². The Morgan fingerprint density at radius 3 is 1.12 bits per heavy atom. The average molecular weight is 862 g/mol. The molecule has 4 N–H and O–H groups in total. The highest BCUT2D eigenvalue weighted by Gasteiger charge is 2.37. The Kier molecular flexibility index (Phi) is 9.47. The molecule has 0 aromatic heterocycles. The first-order valence-corrected chi connectivity index (χ1v) is 15.2. The van der Waals surface area contributed by atoms with Gasteiger partial charge in [-0.2, -0.15) is 26.3 Å². The van der Waals surface area contributed by atoms with E-state index in [-0.39, 0.29) is 22.9 Å². The lowest BCUT2D eigenvalue weighted by Gasteiger charge is -2.28. The van der Waals surface area contributed by atoms with Gasteiger partial charge in [-0.25, -0.2) is 0 Å². The topological polar surface area (TPSA) is 70.5 Å². The zero-order valence-corrected chi connectivity index (χ0v) is 28.4. The predicted octanol–water partition coefficient (Wildman–Crippen LogP) is 11.8. The van der Waals surface area contributed by atoms with Gasteiger partial charge in [0.1, 0.15) is 22.6 Å². The van der Waals surface area contributed by atoms with Crippen molar-refractivity contribution in [2.45, 2.75) is 31.6 Å². The van der Waals surface area contributed by atoms with E-state index in [0.717, 1.165) is 35.4 Å². The van der Waals surface area contributed by atoms with Crippen LogP contribution in [0, 0.1) is 0 Å². The minimum absolute atomic E-state index is 0.0575. The van der Waals surface area contributed by atoms with Gasteiger partial charge in [-0.15, -0.1) is 0 Å². The number of alkyl halides is 6. The average Bonchev–Trinajstić information content (AvgIpc) is 2.88. The molecule has 0 saturated heterocycles. The fraction of sp³-hybridized carbons (Fsp3) is 0.172. The molecule has 0 amide bonds. The molecular weight excluding hydrogens is 842 g/mol. The van der Waals surface area contributed by atoms with Gasteiger partial charge in [-0.05, 0) is 136 Å². The Morgan fingerprint density at radius 1 is 0.535 bits per heavy atom. The molecule has 228 valence electrons. The van der Waals surface area contributed by atoms with Crippen molar-refractivity contribution in [2.75, 3.05) is 11.5 Å². The summed E-state index contributed by atoms with van der Waals surface area (Å²) in [5, 5.41) is 0. The zero-order chi connectivity index (χ0) is 32.1. The molecule has 0 fully saturated rings. The zero-order valence-electron chi connectivity index (χ0n) is 22.0. The number of hydrogen-bond acceptors (Lipinski definition) is 4. The molecule has 0 spiro atoms. The molecule has 0 heterocycles. The Morgan fingerprint density at radius 2 is 0.837 bits per heavy atom. The normalized spacial score (nSPS) is 12.4. The first-order valence-electron chi connectivity index (χ1n) is 12.1. The minimum Gasteiger partial charge on any atom is -0.454 e. The van der Waals surface area contributed by atoms with Crippen molar-refractivity contribution < 1.29 is 35.8 Å². The number of rotatable bonds is 6. The van der Waals surface area contributed by atoms with E-state index in [1.165, 1.54) is 12.1 Å². The Hall–Kier alpha value is -2.42. The molecule has 14 heteroatoms. The second kappa shape index (κ2) is 12.2. The van der Waals surface area contributed by atoms with Crippen LogP contribution in [0.4, 0.5) is 37.7 Å². The van der Waals surface area contributed by atoms with Crippen LogP contribution in [0.3, 0.4) is 0 Å². The number of halogens is 10. The third-order valence-corrected chi connectivity index (χ3v) is 8.84. The minimum atomic E-state index is -4.69. The number of ether oxygens (including phenoxy) is 2. The van der Waals surface area contributed by atoms with E-state index in [4.69, 9.17) is 20.9 Å². The van der Waals surface area contributed by atoms with Gasteiger partial charge in [0.25, 0.3) is 0 Å². The fourth-order valence-electron chi connectivity index (χ4n) is 4.14. The summed E-state index contributed by atoms with van der Waals surface area (Å²) < 4.78 is 94.5. The number of nitrogens with two attached hydrogens (primary N) is 2. The van der Waals surface area contributed by atoms with Gasteiger partial charge in [0.05, 0.1) is 17.9 Å². The molecule has 0 aliphatic carbocycles. The highest BCUT2D eigenvalue weighted by Crippen LogP contribution is 2.48. The Labute approximate surface area is 276 Å². The van der Waals surface area contributed by atoms with Crippen molar-refractivity contribution in [2.24, 2.45) is 0 Å². The van der Waals surface area contributed by atoms with E-state index < -0.39 is 40.4 Å². The maximum absolute atomic E-state index is 13.6. The number of anilines is 2. The Bertz CT molecular complexity index is 1540. The van der Waals surface area contributed by atoms with E-state index in [0.29, 0.717) is 17.9 Å². The fourth-order valence-corrected chi connectivity index (χ4v) is 6.84. The molecule has 4 aromatic carbocycles. The lowest BCUT2D eigenvalue weighted by Crippen LogP contribution is -2.19. The smallest absolute Gasteiger partial charge is 0.420 e. The summed E-state index contributed by atoms with van der Waals surface area (Å²) in [5.41, 5.74) is 9.72. The third-order valence-electron chi connectivity index (χ3n) is 6.48. The maximum Gasteiger partial charge on any atom is 0.420 e. The van der Waals surface area contributed by atoms with Gasteiger partial charge in [-0.3, -0.25) is 0 Å². The molecule has 43 heavy (non-hydrogen) atoms. The predicted molar refractivity (Wildman–Crippen MR) is 168 cm³/mol. The summed E-state index contributed by atoms with van der Waals surface area (Å²) in [6, 6.07) is 13.4. The summed E-state index contributed by atoms with van der Waals surface area (Å²) in [6.07, 6.45) is -9.38. The molecular formula is C29H20Br4F6N2O2. The van der Waals surface area contributed by atoms with E-state index in [1.807, 2.05) is 13.8 Å². The number of nitrogen functional groups attached to an aromatic ring is 2. The van der Waals surface area contributed by atoms with E-state index in [9.17, 15) is 26.3 Å². The van der Waals surface area contributed by atoms with Crippen molar-refractivity contribution in [3.8, 4) is 23.0 Å². The van der Waals surface area contributed by atoms with Crippen molar-refractivity contribution in [1.29, 1.82) is 0 Å². The van der Waals surface area contributed by atoms with E-state index >= 15 is 0 Å². The number of hydrogen-bond donors (Lipinski definition) is 2. The highest BCUT2D eigenvalue weighted by molar-refractivity contribution is 9.11. The maximum atomic E-state index is 13.6. The van der Waals surface area contributed by atoms with Crippen molar-refractivity contribution in [3.05, 3.63) is 101 Å². The van der Waals surface area contributed by atoms with Crippen LogP contribution >= 0.6 is 63.7 Å². The van der Waals surface area contributed by atoms with E-state index in [2.05, 4.69) is 63.7 Å². The van der Waals surface area contributed by atoms with Gasteiger partial charge < -0.3 is 20.9 Å². The molecule has 4 aromatic rings. The van der Waals surface area contributed by atoms with Crippen LogP contribution in [-0.2, 0) is 17.8 Å². The molecule has 4 nitrogen and oxygen atoms in total. The van der Waals surface area contributed by atoms with Crippen LogP contribution in [0.5, 0.6) is 23.0 Å². The first-order chi connectivity index (χ1) is 19.8. The first kappa shape index (κ1) is 33.5. The second-order valence-electron chi connectivity index (χ2n) is 9.87. The molecule has 0 saturated carbocycles. The van der Waals surface area contributed by atoms with Crippen molar-refractivity contribution in [3.63, 3.8) is 0 Å². The number of benzene rings is 4. The second-order valence-corrected chi connectivity index (χ2v) is 13.3. The van der Waals surface area contributed by atoms with Gasteiger partial charge in [0, 0.05) is 16.8 Å². The van der Waals surface area contributed by atoms with Crippen LogP contribution in [0.1, 0.15) is 36.1 Å². The molecule has 0 bridgehead atoms. The van der Waals surface area contributed by atoms with Gasteiger partial charge in [0.2, 0.25) is 0 Å². The molecule has 0 aliphatic heterocycles. The quantitative estimate of drug-likeness (QED) is 0.150. The van der Waals surface area contributed by atoms with Gasteiger partial charge in [-0.1, -0.05) is 13.8 Å². The molecule has 4 rings (SSSR count). The lowest BCUT2D eigenvalue weighted by atomic mass is 9.78. The van der Waals surface area contributed by atoms with Crippen molar-refractivity contribution in [1.82, 2.24) is 0 Å². The SMILES string of the molecule is CC(C)(c1cc(Br)c(Oc2ccc(N)cc2C(F)(F)F)c(Br)c1)c1cc(Br)c(Oc2ccc(N)cc2C(F)(F)F)c(Br)c1. The van der Waals surface area contributed by atoms with Crippen LogP contribution in [0.2, 0.25) is 0 Å². The standard InChI is InChI=1S/C29H20Br4F6N2O2/c1-27(2,13-7-19(30)25(20(31)8-13)42-23-5-3-15(40)11-17(23)28(34,35)36)14-9-21(32)26(22(33)10-14)43-24-6-4-16(41)12-18(24)29(37,38)39/h3-12H,40-41H2,1-2H3. The Balaban J connectivity index is 1.69. The van der Waals surface area contributed by atoms with Crippen LogP contribution in [0.15, 0.2) is 78.6 Å². The van der Waals surface area contributed by atoms with E-state index in [1.54, 1.807) is 24.3 Å².